The topological polar surface area (TPSA) is 118 Å². The van der Waals surface area contributed by atoms with Crippen molar-refractivity contribution in [2.75, 3.05) is 13.1 Å². The number of carbonyl (C=O) groups excluding carboxylic acids is 3. The maximum absolute atomic E-state index is 13.5. The van der Waals surface area contributed by atoms with Gasteiger partial charge in [0.05, 0.1) is 18.7 Å². The molecule has 2 aromatic rings. The monoisotopic (exact) mass is 517 g/mol. The Kier molecular flexibility index (Phi) is 6.25. The van der Waals surface area contributed by atoms with Crippen LogP contribution in [0.2, 0.25) is 0 Å². The molecule has 1 saturated heterocycles. The van der Waals surface area contributed by atoms with Crippen LogP contribution in [0.5, 0.6) is 0 Å². The lowest BCUT2D eigenvalue weighted by molar-refractivity contribution is -0.135. The number of carbonyl (C=O) groups is 3. The molecule has 198 valence electrons. The quantitative estimate of drug-likeness (QED) is 0.543. The van der Waals surface area contributed by atoms with Crippen molar-refractivity contribution in [3.8, 4) is 0 Å². The lowest BCUT2D eigenvalue weighted by atomic mass is 9.86. The summed E-state index contributed by atoms with van der Waals surface area (Å²) in [6.45, 7) is 2.95. The first-order valence-electron chi connectivity index (χ1n) is 13.2. The first-order valence-corrected chi connectivity index (χ1v) is 13.2. The van der Waals surface area contributed by atoms with E-state index in [1.54, 1.807) is 12.3 Å². The molecule has 1 aromatic heterocycles. The second-order valence-corrected chi connectivity index (χ2v) is 10.7. The molecule has 2 saturated carbocycles. The molecule has 2 heterocycles. The van der Waals surface area contributed by atoms with Gasteiger partial charge in [-0.05, 0) is 55.7 Å². The number of hydrogen-bond acceptors (Lipinski definition) is 7. The Labute approximate surface area is 220 Å². The Balaban J connectivity index is 1.15. The number of benzene rings is 1. The van der Waals surface area contributed by atoms with Gasteiger partial charge in [0, 0.05) is 12.6 Å². The van der Waals surface area contributed by atoms with Crippen LogP contribution >= 0.6 is 0 Å². The van der Waals surface area contributed by atoms with Crippen molar-refractivity contribution in [1.82, 2.24) is 25.2 Å². The number of ketones is 1. The molecule has 10 nitrogen and oxygen atoms in total. The third-order valence-electron chi connectivity index (χ3n) is 8.18. The van der Waals surface area contributed by atoms with E-state index in [4.69, 9.17) is 9.47 Å². The summed E-state index contributed by atoms with van der Waals surface area (Å²) in [6.07, 6.45) is 7.84. The summed E-state index contributed by atoms with van der Waals surface area (Å²) in [5.41, 5.74) is 1.55. The van der Waals surface area contributed by atoms with E-state index in [1.165, 1.54) is 4.90 Å². The molecule has 3 atom stereocenters. The van der Waals surface area contributed by atoms with Gasteiger partial charge in [0.1, 0.15) is 18.8 Å². The van der Waals surface area contributed by atoms with E-state index in [0.717, 1.165) is 24.0 Å². The fourth-order valence-electron chi connectivity index (χ4n) is 5.88. The molecule has 1 spiro atoms. The van der Waals surface area contributed by atoms with E-state index in [1.807, 2.05) is 41.3 Å². The van der Waals surface area contributed by atoms with Crippen molar-refractivity contribution in [3.05, 3.63) is 71.3 Å². The van der Waals surface area contributed by atoms with Crippen LogP contribution in [0.25, 0.3) is 0 Å². The van der Waals surface area contributed by atoms with Gasteiger partial charge in [-0.3, -0.25) is 14.5 Å². The molecule has 0 bridgehead atoms. The number of hydrogen-bond donors (Lipinski definition) is 1. The Bertz CT molecular complexity index is 1290. The van der Waals surface area contributed by atoms with Gasteiger partial charge in [-0.1, -0.05) is 36.4 Å². The van der Waals surface area contributed by atoms with Gasteiger partial charge in [0.25, 0.3) is 0 Å². The van der Waals surface area contributed by atoms with Gasteiger partial charge in [-0.2, -0.15) is 15.4 Å². The molecule has 4 aliphatic rings. The van der Waals surface area contributed by atoms with Crippen molar-refractivity contribution >= 4 is 17.8 Å². The van der Waals surface area contributed by atoms with Crippen LogP contribution < -0.4 is 0 Å². The standard InChI is InChI=1S/C28H31N5O5/c1-18(20-7-8-20)33(14-19-5-3-2-4-6-19)25(34)15-32-17-28(38-27(32)36)12-11-22-23(28)9-10-24(26(22)35)37-16-21-13-29-31-30-21/h2-6,9-10,13,18,20,22H,7-8,11-12,14-17H2,1H3,(H,29,30,31). The van der Waals surface area contributed by atoms with Crippen LogP contribution in [0.15, 0.2) is 60.0 Å². The van der Waals surface area contributed by atoms with Crippen LogP contribution in [-0.2, 0) is 32.2 Å². The summed E-state index contributed by atoms with van der Waals surface area (Å²) in [5, 5.41) is 10.2. The first-order chi connectivity index (χ1) is 18.4. The van der Waals surface area contributed by atoms with Gasteiger partial charge in [0.15, 0.2) is 11.4 Å². The van der Waals surface area contributed by atoms with E-state index < -0.39 is 17.6 Å². The maximum Gasteiger partial charge on any atom is 0.411 e. The Morgan fingerprint density at radius 2 is 2.05 bits per heavy atom. The number of nitrogens with one attached hydrogen (secondary N) is 1. The average molecular weight is 518 g/mol. The number of amides is 2. The van der Waals surface area contributed by atoms with E-state index >= 15 is 0 Å². The zero-order chi connectivity index (χ0) is 26.3. The lowest BCUT2D eigenvalue weighted by Crippen LogP contribution is -2.46. The third kappa shape index (κ3) is 4.59. The Hall–Kier alpha value is -3.95. The zero-order valence-electron chi connectivity index (χ0n) is 21.3. The van der Waals surface area contributed by atoms with Crippen molar-refractivity contribution in [3.63, 3.8) is 0 Å². The number of rotatable bonds is 9. The van der Waals surface area contributed by atoms with Gasteiger partial charge in [0.2, 0.25) is 11.7 Å². The summed E-state index contributed by atoms with van der Waals surface area (Å²) in [7, 11) is 0. The van der Waals surface area contributed by atoms with Gasteiger partial charge in [-0.25, -0.2) is 4.79 Å². The molecule has 2 amide bonds. The number of ether oxygens (including phenoxy) is 2. The molecule has 1 aliphatic heterocycles. The van der Waals surface area contributed by atoms with Gasteiger partial charge < -0.3 is 14.4 Å². The SMILES string of the molecule is CC(C1CC1)N(Cc1ccccc1)C(=O)CN1CC2(CCC3C(=O)C(OCc4cn[nH]n4)=CC=C32)OC1=O. The summed E-state index contributed by atoms with van der Waals surface area (Å²) >= 11 is 0. The average Bonchev–Trinajstić information content (AvgIpc) is 3.39. The molecule has 1 aromatic carbocycles. The van der Waals surface area contributed by atoms with E-state index in [2.05, 4.69) is 22.3 Å². The predicted molar refractivity (Wildman–Crippen MR) is 135 cm³/mol. The molecule has 0 radical (unpaired) electrons. The minimum Gasteiger partial charge on any atom is -0.483 e. The number of nitrogens with zero attached hydrogens (tertiary/aromatic N) is 4. The molecule has 38 heavy (non-hydrogen) atoms. The second-order valence-electron chi connectivity index (χ2n) is 10.7. The molecule has 6 rings (SSSR count). The second kappa shape index (κ2) is 9.74. The van der Waals surface area contributed by atoms with Crippen molar-refractivity contribution in [2.45, 2.75) is 57.4 Å². The molecular formula is C28H31N5O5. The van der Waals surface area contributed by atoms with Crippen molar-refractivity contribution in [2.24, 2.45) is 11.8 Å². The first kappa shape index (κ1) is 24.4. The number of H-pyrrole nitrogens is 1. The fraction of sp³-hybridized carbons (Fsp3) is 0.464. The fourth-order valence-corrected chi connectivity index (χ4v) is 5.88. The van der Waals surface area contributed by atoms with E-state index in [9.17, 15) is 14.4 Å². The number of allylic oxidation sites excluding steroid dienone is 3. The highest BCUT2D eigenvalue weighted by Crippen LogP contribution is 2.48. The minimum absolute atomic E-state index is 0.0434. The van der Waals surface area contributed by atoms with Crippen LogP contribution in [-0.4, -0.2) is 67.7 Å². The number of aromatic nitrogens is 3. The molecular weight excluding hydrogens is 486 g/mol. The van der Waals surface area contributed by atoms with Crippen LogP contribution in [0.1, 0.15) is 43.9 Å². The summed E-state index contributed by atoms with van der Waals surface area (Å²) < 4.78 is 11.6. The molecule has 3 fully saturated rings. The number of Topliss-reactive ketones (excluding diaryl/α,β-unsaturated/α-hetero) is 1. The highest BCUT2D eigenvalue weighted by atomic mass is 16.6. The predicted octanol–water partition coefficient (Wildman–Crippen LogP) is 3.14. The van der Waals surface area contributed by atoms with Crippen LogP contribution in [0.3, 0.4) is 0 Å². The third-order valence-corrected chi connectivity index (χ3v) is 8.18. The Morgan fingerprint density at radius 3 is 2.79 bits per heavy atom. The summed E-state index contributed by atoms with van der Waals surface area (Å²) in [4.78, 5) is 43.1. The summed E-state index contributed by atoms with van der Waals surface area (Å²) in [5.74, 6) is 0.150. The minimum atomic E-state index is -0.891. The summed E-state index contributed by atoms with van der Waals surface area (Å²) in [6, 6.07) is 10.0. The molecule has 3 aliphatic carbocycles. The van der Waals surface area contributed by atoms with Crippen LogP contribution in [0.4, 0.5) is 4.79 Å². The van der Waals surface area contributed by atoms with E-state index in [-0.39, 0.29) is 43.2 Å². The van der Waals surface area contributed by atoms with Crippen LogP contribution in [0, 0.1) is 11.8 Å². The molecule has 1 N–H and O–H groups in total. The highest BCUT2D eigenvalue weighted by Gasteiger charge is 2.56. The lowest BCUT2D eigenvalue weighted by Gasteiger charge is -2.31. The highest BCUT2D eigenvalue weighted by molar-refractivity contribution is 6.00. The Morgan fingerprint density at radius 1 is 1.24 bits per heavy atom. The van der Waals surface area contributed by atoms with Crippen molar-refractivity contribution in [1.29, 1.82) is 0 Å². The van der Waals surface area contributed by atoms with Gasteiger partial charge >= 0.3 is 6.09 Å². The van der Waals surface area contributed by atoms with Gasteiger partial charge in [-0.15, -0.1) is 0 Å². The number of aromatic amines is 1. The number of fused-ring (bicyclic) bond motifs is 2. The molecule has 3 unspecified atom stereocenters. The molecule has 10 heteroatoms. The smallest absolute Gasteiger partial charge is 0.411 e. The van der Waals surface area contributed by atoms with E-state index in [0.29, 0.717) is 31.0 Å². The largest absolute Gasteiger partial charge is 0.483 e. The zero-order valence-corrected chi connectivity index (χ0v) is 21.3. The van der Waals surface area contributed by atoms with Crippen molar-refractivity contribution < 1.29 is 23.9 Å². The normalized spacial score (nSPS) is 25.1. The maximum atomic E-state index is 13.5.